The highest BCUT2D eigenvalue weighted by Gasteiger charge is 2.15. The fraction of sp³-hybridized carbons (Fsp3) is 0.261. The van der Waals surface area contributed by atoms with E-state index in [2.05, 4.69) is 52.7 Å². The lowest BCUT2D eigenvalue weighted by Crippen LogP contribution is -2.43. The number of hydrogen-bond donors (Lipinski definition) is 4. The molecule has 3 aromatic heterocycles. The molecule has 0 aliphatic carbocycles. The van der Waals surface area contributed by atoms with Gasteiger partial charge in [0.25, 0.3) is 0 Å². The summed E-state index contributed by atoms with van der Waals surface area (Å²) in [6, 6.07) is 7.04. The summed E-state index contributed by atoms with van der Waals surface area (Å²) in [4.78, 5) is 31.5. The van der Waals surface area contributed by atoms with Crippen LogP contribution in [0, 0.1) is 0 Å². The van der Waals surface area contributed by atoms with E-state index in [1.165, 1.54) is 0 Å². The first-order chi connectivity index (χ1) is 16.1. The number of urea groups is 1. The number of aromatic nitrogens is 4. The van der Waals surface area contributed by atoms with Gasteiger partial charge in [-0.15, -0.1) is 0 Å². The van der Waals surface area contributed by atoms with Gasteiger partial charge in [0.15, 0.2) is 5.82 Å². The zero-order valence-electron chi connectivity index (χ0n) is 18.5. The SMILES string of the molecule is C=C(Nc1cnccc1N1CCNCC1)c1ccnc(-c2ccc(NC(=O)NCC)nc2)n1. The van der Waals surface area contributed by atoms with E-state index in [0.717, 1.165) is 43.1 Å². The van der Waals surface area contributed by atoms with E-state index in [4.69, 9.17) is 0 Å². The van der Waals surface area contributed by atoms with Crippen molar-refractivity contribution in [3.63, 3.8) is 0 Å². The summed E-state index contributed by atoms with van der Waals surface area (Å²) in [7, 11) is 0. The van der Waals surface area contributed by atoms with E-state index in [1.54, 1.807) is 36.9 Å². The van der Waals surface area contributed by atoms with Crippen LogP contribution in [0.15, 0.2) is 55.6 Å². The van der Waals surface area contributed by atoms with Crippen LogP contribution >= 0.6 is 0 Å². The van der Waals surface area contributed by atoms with Crippen molar-refractivity contribution in [1.29, 1.82) is 0 Å². The summed E-state index contributed by atoms with van der Waals surface area (Å²) in [5.41, 5.74) is 4.01. The second-order valence-electron chi connectivity index (χ2n) is 7.42. The number of carbonyl (C=O) groups is 1. The first kappa shape index (κ1) is 22.2. The molecule has 1 aliphatic rings. The molecule has 1 aliphatic heterocycles. The minimum absolute atomic E-state index is 0.297. The third-order valence-corrected chi connectivity index (χ3v) is 5.11. The van der Waals surface area contributed by atoms with Crippen molar-refractivity contribution in [2.24, 2.45) is 0 Å². The molecular formula is C23H27N9O. The largest absolute Gasteiger partial charge is 0.367 e. The lowest BCUT2D eigenvalue weighted by Gasteiger charge is -2.31. The quantitative estimate of drug-likeness (QED) is 0.438. The molecule has 10 nitrogen and oxygen atoms in total. The van der Waals surface area contributed by atoms with Gasteiger partial charge in [0.1, 0.15) is 5.82 Å². The summed E-state index contributed by atoms with van der Waals surface area (Å²) < 4.78 is 0. The molecule has 2 amide bonds. The summed E-state index contributed by atoms with van der Waals surface area (Å²) in [5, 5.41) is 12.1. The van der Waals surface area contributed by atoms with E-state index in [1.807, 2.05) is 19.1 Å². The van der Waals surface area contributed by atoms with Crippen LogP contribution in [0.4, 0.5) is 22.0 Å². The molecule has 0 atom stereocenters. The third kappa shape index (κ3) is 5.60. The van der Waals surface area contributed by atoms with Crippen LogP contribution in [0.3, 0.4) is 0 Å². The smallest absolute Gasteiger partial charge is 0.320 e. The minimum Gasteiger partial charge on any atom is -0.367 e. The molecule has 1 fully saturated rings. The monoisotopic (exact) mass is 445 g/mol. The van der Waals surface area contributed by atoms with E-state index in [9.17, 15) is 4.79 Å². The molecule has 0 saturated carbocycles. The molecule has 0 bridgehead atoms. The molecule has 170 valence electrons. The van der Waals surface area contributed by atoms with Crippen molar-refractivity contribution in [2.75, 3.05) is 48.3 Å². The number of carbonyl (C=O) groups excluding carboxylic acids is 1. The predicted octanol–water partition coefficient (Wildman–Crippen LogP) is 2.57. The average Bonchev–Trinajstić information content (AvgIpc) is 2.85. The van der Waals surface area contributed by atoms with Crippen LogP contribution in [0.25, 0.3) is 17.1 Å². The molecule has 0 unspecified atom stereocenters. The molecular weight excluding hydrogens is 418 g/mol. The Balaban J connectivity index is 1.48. The van der Waals surface area contributed by atoms with Gasteiger partial charge in [-0.25, -0.2) is 19.7 Å². The average molecular weight is 446 g/mol. The molecule has 1 saturated heterocycles. The zero-order valence-corrected chi connectivity index (χ0v) is 18.5. The zero-order chi connectivity index (χ0) is 23.0. The van der Waals surface area contributed by atoms with Crippen LogP contribution in [0.5, 0.6) is 0 Å². The lowest BCUT2D eigenvalue weighted by molar-refractivity contribution is 0.252. The molecule has 4 N–H and O–H groups in total. The number of amides is 2. The summed E-state index contributed by atoms with van der Waals surface area (Å²) in [5.74, 6) is 0.963. The second-order valence-corrected chi connectivity index (χ2v) is 7.42. The first-order valence-electron chi connectivity index (χ1n) is 10.8. The molecule has 33 heavy (non-hydrogen) atoms. The highest BCUT2D eigenvalue weighted by atomic mass is 16.2. The van der Waals surface area contributed by atoms with Gasteiger partial charge < -0.3 is 20.9 Å². The molecule has 4 rings (SSSR count). The van der Waals surface area contributed by atoms with Crippen molar-refractivity contribution >= 4 is 28.9 Å². The predicted molar refractivity (Wildman–Crippen MR) is 130 cm³/mol. The summed E-state index contributed by atoms with van der Waals surface area (Å²) in [6.07, 6.45) is 6.91. The third-order valence-electron chi connectivity index (χ3n) is 5.11. The number of hydrogen-bond acceptors (Lipinski definition) is 8. The van der Waals surface area contributed by atoms with Gasteiger partial charge in [0, 0.05) is 56.9 Å². The molecule has 4 heterocycles. The Morgan fingerprint density at radius 2 is 1.94 bits per heavy atom. The molecule has 3 aromatic rings. The number of pyridine rings is 2. The number of rotatable bonds is 7. The van der Waals surface area contributed by atoms with Gasteiger partial charge in [-0.05, 0) is 31.2 Å². The number of anilines is 3. The normalized spacial score (nSPS) is 13.3. The van der Waals surface area contributed by atoms with Gasteiger partial charge in [0.2, 0.25) is 0 Å². The first-order valence-corrected chi connectivity index (χ1v) is 10.8. The van der Waals surface area contributed by atoms with Crippen LogP contribution in [0.1, 0.15) is 12.6 Å². The highest BCUT2D eigenvalue weighted by Crippen LogP contribution is 2.28. The van der Waals surface area contributed by atoms with Crippen molar-refractivity contribution in [1.82, 2.24) is 30.6 Å². The Morgan fingerprint density at radius 3 is 2.70 bits per heavy atom. The van der Waals surface area contributed by atoms with Gasteiger partial charge in [-0.2, -0.15) is 0 Å². The Labute approximate surface area is 192 Å². The number of nitrogens with zero attached hydrogens (tertiary/aromatic N) is 5. The highest BCUT2D eigenvalue weighted by molar-refractivity contribution is 5.88. The maximum Gasteiger partial charge on any atom is 0.320 e. The Hall–Kier alpha value is -4.05. The maximum absolute atomic E-state index is 11.6. The fourth-order valence-corrected chi connectivity index (χ4v) is 3.48. The number of nitrogens with one attached hydrogen (secondary N) is 4. The summed E-state index contributed by atoms with van der Waals surface area (Å²) in [6.45, 7) is 10.3. The standard InChI is InChI=1S/C23H27N9O/c1-3-26-23(33)31-21-5-4-17(14-28-21)22-27-9-6-18(30-22)16(2)29-19-15-25-8-7-20(19)32-12-10-24-11-13-32/h4-9,14-15,24,29H,2-3,10-13H2,1H3,(H2,26,28,31,33). The van der Waals surface area contributed by atoms with Crippen LogP contribution in [-0.4, -0.2) is 58.7 Å². The van der Waals surface area contributed by atoms with Gasteiger partial charge >= 0.3 is 6.03 Å². The molecule has 0 aromatic carbocycles. The Bertz CT molecular complexity index is 1110. The molecule has 0 spiro atoms. The van der Waals surface area contributed by atoms with Crippen molar-refractivity contribution in [3.8, 4) is 11.4 Å². The Morgan fingerprint density at radius 1 is 1.09 bits per heavy atom. The van der Waals surface area contributed by atoms with Crippen molar-refractivity contribution in [3.05, 3.63) is 61.3 Å². The maximum atomic E-state index is 11.6. The molecule has 0 radical (unpaired) electrons. The Kier molecular flexibility index (Phi) is 7.06. The minimum atomic E-state index is -0.297. The van der Waals surface area contributed by atoms with Gasteiger partial charge in [-0.3, -0.25) is 10.3 Å². The van der Waals surface area contributed by atoms with Gasteiger partial charge in [-0.1, -0.05) is 6.58 Å². The van der Waals surface area contributed by atoms with Crippen LogP contribution < -0.4 is 26.2 Å². The summed E-state index contributed by atoms with van der Waals surface area (Å²) >= 11 is 0. The van der Waals surface area contributed by atoms with Crippen molar-refractivity contribution < 1.29 is 4.79 Å². The van der Waals surface area contributed by atoms with E-state index in [0.29, 0.717) is 29.6 Å². The lowest BCUT2D eigenvalue weighted by atomic mass is 10.2. The molecule has 10 heteroatoms. The van der Waals surface area contributed by atoms with E-state index < -0.39 is 0 Å². The second kappa shape index (κ2) is 10.5. The topological polar surface area (TPSA) is 120 Å². The van der Waals surface area contributed by atoms with E-state index in [-0.39, 0.29) is 6.03 Å². The van der Waals surface area contributed by atoms with Crippen LogP contribution in [-0.2, 0) is 0 Å². The fourth-order valence-electron chi connectivity index (χ4n) is 3.48. The van der Waals surface area contributed by atoms with E-state index >= 15 is 0 Å². The number of piperazine rings is 1. The van der Waals surface area contributed by atoms with Crippen molar-refractivity contribution in [2.45, 2.75) is 6.92 Å². The van der Waals surface area contributed by atoms with Gasteiger partial charge in [0.05, 0.1) is 29.0 Å². The van der Waals surface area contributed by atoms with Crippen LogP contribution in [0.2, 0.25) is 0 Å².